The lowest BCUT2D eigenvalue weighted by atomic mass is 9.54. The van der Waals surface area contributed by atoms with Crippen LogP contribution in [0.15, 0.2) is 5.51 Å². The zero-order valence-corrected chi connectivity index (χ0v) is 14.5. The normalized spacial score (nSPS) is 31.1. The Morgan fingerprint density at radius 2 is 2.26 bits per heavy atom. The fraction of sp³-hybridized carbons (Fsp3) is 0.765. The maximum absolute atomic E-state index is 12.1. The van der Waals surface area contributed by atoms with Crippen molar-refractivity contribution >= 4 is 17.2 Å². The van der Waals surface area contributed by atoms with E-state index in [1.165, 1.54) is 43.4 Å². The minimum absolute atomic E-state index is 0.00179. The molecule has 1 spiro atoms. The summed E-state index contributed by atoms with van der Waals surface area (Å²) >= 11 is 1.41. The summed E-state index contributed by atoms with van der Waals surface area (Å²) in [5, 5.41) is 6.74. The molecule has 2 aliphatic carbocycles. The summed E-state index contributed by atoms with van der Waals surface area (Å²) in [6.45, 7) is 4.30. The number of amides is 1. The molecule has 1 amide bonds. The third-order valence-electron chi connectivity index (χ3n) is 6.01. The third-order valence-corrected chi connectivity index (χ3v) is 6.94. The van der Waals surface area contributed by atoms with Gasteiger partial charge in [0.15, 0.2) is 0 Å². The van der Waals surface area contributed by atoms with Crippen molar-refractivity contribution < 1.29 is 9.53 Å². The lowest BCUT2D eigenvalue weighted by Crippen LogP contribution is -2.67. The van der Waals surface area contributed by atoms with Crippen LogP contribution in [0, 0.1) is 18.3 Å². The molecule has 0 radical (unpaired) electrons. The standard InChI is InChI=1S/C17H25N3O2S/c1-11-13(23-10-20-11)16(21)19-8-7-18-14-12-4-9-22-15(12)17(14)5-2-3-6-17/h10,12,14-15,18H,2-9H2,1H3,(H,19,21)/t12-,14+,15-/m0/s1. The lowest BCUT2D eigenvalue weighted by Gasteiger charge is -2.57. The number of carbonyl (C=O) groups excluding carboxylic acids is 1. The number of aryl methyl sites for hydroxylation is 1. The third kappa shape index (κ3) is 2.51. The average molecular weight is 335 g/mol. The molecule has 0 unspecified atom stereocenters. The monoisotopic (exact) mass is 335 g/mol. The highest BCUT2D eigenvalue weighted by molar-refractivity contribution is 7.11. The SMILES string of the molecule is Cc1ncsc1C(=O)NCCN[C@@H]1[C@@H]2CCO[C@@H]2C12CCCC2. The maximum Gasteiger partial charge on any atom is 0.263 e. The molecule has 6 heteroatoms. The van der Waals surface area contributed by atoms with E-state index in [1.54, 1.807) is 5.51 Å². The van der Waals surface area contributed by atoms with Crippen LogP contribution in [-0.4, -0.2) is 42.7 Å². The number of aromatic nitrogens is 1. The zero-order chi connectivity index (χ0) is 15.9. The van der Waals surface area contributed by atoms with E-state index < -0.39 is 0 Å². The van der Waals surface area contributed by atoms with Crippen LogP contribution in [0.4, 0.5) is 0 Å². The molecule has 1 aliphatic heterocycles. The van der Waals surface area contributed by atoms with Crippen LogP contribution in [0.2, 0.25) is 0 Å². The van der Waals surface area contributed by atoms with Gasteiger partial charge in [0, 0.05) is 37.1 Å². The van der Waals surface area contributed by atoms with E-state index in [4.69, 9.17) is 4.74 Å². The first-order chi connectivity index (χ1) is 11.2. The van der Waals surface area contributed by atoms with Crippen LogP contribution in [0.3, 0.4) is 0 Å². The van der Waals surface area contributed by atoms with Crippen LogP contribution in [0.1, 0.15) is 47.5 Å². The highest BCUT2D eigenvalue weighted by Crippen LogP contribution is 2.60. The fourth-order valence-electron chi connectivity index (χ4n) is 5.01. The van der Waals surface area contributed by atoms with Crippen molar-refractivity contribution in [1.82, 2.24) is 15.6 Å². The highest BCUT2D eigenvalue weighted by Gasteiger charge is 2.64. The van der Waals surface area contributed by atoms with E-state index in [2.05, 4.69) is 15.6 Å². The smallest absolute Gasteiger partial charge is 0.263 e. The van der Waals surface area contributed by atoms with Gasteiger partial charge in [0.05, 0.1) is 17.3 Å². The first kappa shape index (κ1) is 15.5. The quantitative estimate of drug-likeness (QED) is 0.809. The molecular weight excluding hydrogens is 310 g/mol. The Hall–Kier alpha value is -0.980. The Balaban J connectivity index is 1.28. The van der Waals surface area contributed by atoms with Gasteiger partial charge in [-0.05, 0) is 26.2 Å². The predicted octanol–water partition coefficient (Wildman–Crippen LogP) is 2.12. The van der Waals surface area contributed by atoms with Gasteiger partial charge in [0.25, 0.3) is 5.91 Å². The summed E-state index contributed by atoms with van der Waals surface area (Å²) in [5.41, 5.74) is 2.93. The summed E-state index contributed by atoms with van der Waals surface area (Å²) in [7, 11) is 0. The van der Waals surface area contributed by atoms with Crippen LogP contribution >= 0.6 is 11.3 Å². The molecule has 1 aromatic heterocycles. The van der Waals surface area contributed by atoms with E-state index in [0.29, 0.717) is 30.0 Å². The largest absolute Gasteiger partial charge is 0.377 e. The number of nitrogens with zero attached hydrogens (tertiary/aromatic N) is 1. The summed E-state index contributed by atoms with van der Waals surface area (Å²) in [6.07, 6.45) is 6.97. The van der Waals surface area contributed by atoms with E-state index in [0.717, 1.165) is 23.7 Å². The van der Waals surface area contributed by atoms with Crippen LogP contribution in [0.25, 0.3) is 0 Å². The number of rotatable bonds is 5. The lowest BCUT2D eigenvalue weighted by molar-refractivity contribution is -0.130. The molecule has 0 aromatic carbocycles. The first-order valence-corrected chi connectivity index (χ1v) is 9.63. The number of thiazole rings is 1. The van der Waals surface area contributed by atoms with Gasteiger partial charge in [-0.25, -0.2) is 4.98 Å². The van der Waals surface area contributed by atoms with Crippen molar-refractivity contribution in [3.63, 3.8) is 0 Å². The van der Waals surface area contributed by atoms with Crippen LogP contribution in [-0.2, 0) is 4.74 Å². The van der Waals surface area contributed by atoms with E-state index >= 15 is 0 Å². The van der Waals surface area contributed by atoms with Crippen molar-refractivity contribution in [3.8, 4) is 0 Å². The first-order valence-electron chi connectivity index (χ1n) is 8.76. The second-order valence-corrected chi connectivity index (χ2v) is 7.99. The minimum atomic E-state index is -0.00179. The Morgan fingerprint density at radius 3 is 3.00 bits per heavy atom. The second kappa shape index (κ2) is 6.15. The van der Waals surface area contributed by atoms with Crippen molar-refractivity contribution in [2.24, 2.45) is 11.3 Å². The van der Waals surface area contributed by atoms with Crippen molar-refractivity contribution in [2.75, 3.05) is 19.7 Å². The van der Waals surface area contributed by atoms with Crippen LogP contribution < -0.4 is 10.6 Å². The Kier molecular flexibility index (Phi) is 4.15. The van der Waals surface area contributed by atoms with Gasteiger partial charge in [-0.2, -0.15) is 0 Å². The number of nitrogens with one attached hydrogen (secondary N) is 2. The van der Waals surface area contributed by atoms with Crippen molar-refractivity contribution in [1.29, 1.82) is 0 Å². The van der Waals surface area contributed by atoms with Gasteiger partial charge >= 0.3 is 0 Å². The molecule has 3 atom stereocenters. The van der Waals surface area contributed by atoms with Gasteiger partial charge < -0.3 is 15.4 Å². The molecule has 2 saturated carbocycles. The number of hydrogen-bond donors (Lipinski definition) is 2. The Labute approximate surface area is 141 Å². The van der Waals surface area contributed by atoms with Gasteiger partial charge in [0.1, 0.15) is 4.88 Å². The van der Waals surface area contributed by atoms with Gasteiger partial charge in [-0.3, -0.25) is 4.79 Å². The maximum atomic E-state index is 12.1. The summed E-state index contributed by atoms with van der Waals surface area (Å²) in [5.74, 6) is 0.686. The second-order valence-electron chi connectivity index (χ2n) is 7.14. The molecule has 2 heterocycles. The molecule has 3 fully saturated rings. The summed E-state index contributed by atoms with van der Waals surface area (Å²) < 4.78 is 6.01. The predicted molar refractivity (Wildman–Crippen MR) is 89.7 cm³/mol. The average Bonchev–Trinajstić information content (AvgIpc) is 3.25. The molecular formula is C17H25N3O2S. The molecule has 3 aliphatic rings. The molecule has 2 N–H and O–H groups in total. The van der Waals surface area contributed by atoms with E-state index in [-0.39, 0.29) is 5.91 Å². The molecule has 4 rings (SSSR count). The summed E-state index contributed by atoms with van der Waals surface area (Å²) in [4.78, 5) is 17.0. The van der Waals surface area contributed by atoms with Crippen molar-refractivity contribution in [3.05, 3.63) is 16.1 Å². The zero-order valence-electron chi connectivity index (χ0n) is 13.6. The van der Waals surface area contributed by atoms with Gasteiger partial charge in [-0.15, -0.1) is 11.3 Å². The number of hydrogen-bond acceptors (Lipinski definition) is 5. The minimum Gasteiger partial charge on any atom is -0.377 e. The van der Waals surface area contributed by atoms with Crippen molar-refractivity contribution in [2.45, 2.75) is 51.2 Å². The van der Waals surface area contributed by atoms with E-state index in [1.807, 2.05) is 6.92 Å². The van der Waals surface area contributed by atoms with E-state index in [9.17, 15) is 4.79 Å². The molecule has 126 valence electrons. The Bertz CT molecular complexity index is 582. The summed E-state index contributed by atoms with van der Waals surface area (Å²) in [6, 6.07) is 0.583. The van der Waals surface area contributed by atoms with Gasteiger partial charge in [-0.1, -0.05) is 12.8 Å². The number of carbonyl (C=O) groups is 1. The molecule has 5 nitrogen and oxygen atoms in total. The van der Waals surface area contributed by atoms with Crippen LogP contribution in [0.5, 0.6) is 0 Å². The topological polar surface area (TPSA) is 63.2 Å². The van der Waals surface area contributed by atoms with Gasteiger partial charge in [0.2, 0.25) is 0 Å². The highest BCUT2D eigenvalue weighted by atomic mass is 32.1. The number of ether oxygens (including phenoxy) is 1. The molecule has 0 bridgehead atoms. The number of fused-ring (bicyclic) bond motifs is 2. The molecule has 1 aromatic rings. The fourth-order valence-corrected chi connectivity index (χ4v) is 5.73. The molecule has 23 heavy (non-hydrogen) atoms. The molecule has 1 saturated heterocycles. The Morgan fingerprint density at radius 1 is 1.43 bits per heavy atom.